The maximum absolute atomic E-state index is 15.6. The van der Waals surface area contributed by atoms with Gasteiger partial charge >= 0.3 is 13.8 Å². The lowest BCUT2D eigenvalue weighted by atomic mass is 9.45. The van der Waals surface area contributed by atoms with Crippen LogP contribution in [0.5, 0.6) is 17.2 Å². The molecule has 4 heterocycles. The smallest absolute Gasteiger partial charge is 0.482 e. The molecule has 61 heavy (non-hydrogen) atoms. The van der Waals surface area contributed by atoms with Crippen LogP contribution in [0.25, 0.3) is 17.6 Å². The second kappa shape index (κ2) is 13.8. The van der Waals surface area contributed by atoms with E-state index in [0.717, 1.165) is 11.1 Å². The highest BCUT2D eigenvalue weighted by Gasteiger charge is 2.84. The summed E-state index contributed by atoms with van der Waals surface area (Å²) in [5.41, 5.74) is -0.0198. The number of carbonyl (C=O) groups is 3. The summed E-state index contributed by atoms with van der Waals surface area (Å²) in [6, 6.07) is 7.11. The summed E-state index contributed by atoms with van der Waals surface area (Å²) in [6.45, 7) is 15.4. The minimum atomic E-state index is -5.29. The average molecular weight is 851 g/mol. The molecule has 6 atom stereocenters. The summed E-state index contributed by atoms with van der Waals surface area (Å²) in [5.74, 6) is -2.48. The van der Waals surface area contributed by atoms with Gasteiger partial charge in [-0.3, -0.25) is 19.4 Å². The quantitative estimate of drug-likeness (QED) is 0.101. The molecule has 1 spiro atoms. The number of hydrogen-bond acceptors (Lipinski definition) is 10. The number of Topliss-reactive ketones (excluding diaryl/α,β-unsaturated/α-hetero) is 2. The molecule has 2 aromatic rings. The molecule has 12 nitrogen and oxygen atoms in total. The number of benzene rings is 2. The standard InChI is InChI=1S/C48H51O12P/c1-24(2)13-12-20-46(8)21-19-30-38(57-46)29(17-16-25(3)4)40-35(41(30)59-61(52,53)54)42-36-33(34-37(49)27-14-10-11-15-28(27)39(34)56-42)31-23-32-45(6,7)60-47(43(31)50,48(32,36)58-40)22-18-26(5)44(51)55-9/h10-11,13-16,18-19,21,31-33H,12,17,20,22-23H2,1-9H3,(H2,52,53,54)/b26-18-. The topological polar surface area (TPSA) is 164 Å². The summed E-state index contributed by atoms with van der Waals surface area (Å²) in [4.78, 5) is 64.3. The Balaban J connectivity index is 1.39. The van der Waals surface area contributed by atoms with Gasteiger partial charge in [0.1, 0.15) is 34.2 Å². The number of phosphoric ester groups is 1. The van der Waals surface area contributed by atoms with Crippen LogP contribution in [-0.2, 0) is 34.8 Å². The van der Waals surface area contributed by atoms with Gasteiger partial charge in [0.2, 0.25) is 0 Å². The lowest BCUT2D eigenvalue weighted by molar-refractivity contribution is -0.181. The third-order valence-electron chi connectivity index (χ3n) is 13.6. The van der Waals surface area contributed by atoms with Crippen molar-refractivity contribution in [3.05, 3.63) is 104 Å². The molecular formula is C48H51O12P. The highest BCUT2D eigenvalue weighted by atomic mass is 31.2. The molecule has 10 rings (SSSR count). The molecule has 4 bridgehead atoms. The van der Waals surface area contributed by atoms with Crippen molar-refractivity contribution >= 4 is 43.0 Å². The molecule has 0 amide bonds. The number of methoxy groups -OCH3 is 1. The summed E-state index contributed by atoms with van der Waals surface area (Å²) in [7, 11) is -4.00. The van der Waals surface area contributed by atoms with Crippen LogP contribution >= 0.6 is 7.82 Å². The number of ketones is 2. The van der Waals surface area contributed by atoms with E-state index in [1.54, 1.807) is 43.3 Å². The number of fused-ring (bicyclic) bond motifs is 5. The van der Waals surface area contributed by atoms with Crippen LogP contribution < -0.4 is 14.0 Å². The Hall–Kier alpha value is -5.00. The van der Waals surface area contributed by atoms with Gasteiger partial charge in [-0.2, -0.15) is 0 Å². The molecule has 320 valence electrons. The molecule has 0 radical (unpaired) electrons. The van der Waals surface area contributed by atoms with E-state index < -0.39 is 53.9 Å². The highest BCUT2D eigenvalue weighted by molar-refractivity contribution is 7.46. The summed E-state index contributed by atoms with van der Waals surface area (Å²) in [6.07, 6.45) is 11.2. The van der Waals surface area contributed by atoms with Crippen molar-refractivity contribution in [1.29, 1.82) is 0 Å². The lowest BCUT2D eigenvalue weighted by Crippen LogP contribution is -2.75. The zero-order chi connectivity index (χ0) is 43.8. The number of carbonyl (C=O) groups excluding carboxylic acids is 3. The minimum Gasteiger partial charge on any atom is -0.482 e. The SMILES string of the molecule is COC(=O)/C(C)=C\CC12OC(C)(C)C3CC(C1=O)C1C4=C(OC5=C1C32Oc1c(CC=C(C)C)c2c(c(OP(=O)(O)O)c15)C=CC(C)(CCC=C(C)C)O2)c1ccccc1C4=O. The number of hydrogen-bond donors (Lipinski definition) is 2. The molecule has 4 aliphatic carbocycles. The van der Waals surface area contributed by atoms with Crippen molar-refractivity contribution in [2.45, 2.75) is 110 Å². The van der Waals surface area contributed by atoms with Gasteiger partial charge in [-0.15, -0.1) is 0 Å². The van der Waals surface area contributed by atoms with Crippen molar-refractivity contribution < 1.29 is 56.9 Å². The Morgan fingerprint density at radius 2 is 1.66 bits per heavy atom. The molecule has 1 saturated heterocycles. The third kappa shape index (κ3) is 5.89. The number of allylic oxidation sites excluding steroid dienone is 5. The number of ether oxygens (including phenoxy) is 5. The molecule has 0 aromatic heterocycles. The second-order valence-electron chi connectivity index (χ2n) is 18.5. The molecular weight excluding hydrogens is 799 g/mol. The van der Waals surface area contributed by atoms with E-state index in [2.05, 4.69) is 6.08 Å². The van der Waals surface area contributed by atoms with Crippen LogP contribution in [-0.4, -0.2) is 56.8 Å². The van der Waals surface area contributed by atoms with Crippen molar-refractivity contribution in [3.63, 3.8) is 0 Å². The van der Waals surface area contributed by atoms with Crippen molar-refractivity contribution in [3.8, 4) is 17.2 Å². The first kappa shape index (κ1) is 41.4. The zero-order valence-corrected chi connectivity index (χ0v) is 36.8. The van der Waals surface area contributed by atoms with Gasteiger partial charge < -0.3 is 28.2 Å². The van der Waals surface area contributed by atoms with E-state index in [1.807, 2.05) is 60.6 Å². The van der Waals surface area contributed by atoms with Crippen LogP contribution in [0.3, 0.4) is 0 Å². The van der Waals surface area contributed by atoms with E-state index in [9.17, 15) is 23.9 Å². The normalized spacial score (nSPS) is 29.4. The number of esters is 1. The third-order valence-corrected chi connectivity index (χ3v) is 14.0. The largest absolute Gasteiger partial charge is 0.524 e. The van der Waals surface area contributed by atoms with E-state index in [-0.39, 0.29) is 64.1 Å². The van der Waals surface area contributed by atoms with Gasteiger partial charge in [-0.1, -0.05) is 53.6 Å². The maximum atomic E-state index is 15.6. The van der Waals surface area contributed by atoms with Crippen molar-refractivity contribution in [2.24, 2.45) is 17.8 Å². The van der Waals surface area contributed by atoms with Gasteiger partial charge in [-0.25, -0.2) is 9.36 Å². The van der Waals surface area contributed by atoms with Crippen LogP contribution in [0, 0.1) is 17.8 Å². The Morgan fingerprint density at radius 1 is 0.951 bits per heavy atom. The number of rotatable bonds is 10. The van der Waals surface area contributed by atoms with Crippen molar-refractivity contribution in [1.82, 2.24) is 0 Å². The molecule has 2 N–H and O–H groups in total. The van der Waals surface area contributed by atoms with Crippen LogP contribution in [0.1, 0.15) is 114 Å². The fraction of sp³-hybridized carbons (Fsp3) is 0.438. The number of phosphoric acid groups is 1. The van der Waals surface area contributed by atoms with Gasteiger partial charge in [-0.05, 0) is 93.2 Å². The van der Waals surface area contributed by atoms with Gasteiger partial charge in [0, 0.05) is 52.0 Å². The first-order chi connectivity index (χ1) is 28.7. The van der Waals surface area contributed by atoms with Gasteiger partial charge in [0.05, 0.1) is 23.8 Å². The summed E-state index contributed by atoms with van der Waals surface area (Å²) >= 11 is 0. The second-order valence-corrected chi connectivity index (χ2v) is 19.7. The molecule has 4 fully saturated rings. The summed E-state index contributed by atoms with van der Waals surface area (Å²) < 4.78 is 52.7. The Bertz CT molecular complexity index is 2610. The Kier molecular flexibility index (Phi) is 9.32. The molecule has 3 saturated carbocycles. The summed E-state index contributed by atoms with van der Waals surface area (Å²) in [5, 5.41) is 0. The molecule has 6 unspecified atom stereocenters. The predicted octanol–water partition coefficient (Wildman–Crippen LogP) is 8.95. The predicted molar refractivity (Wildman–Crippen MR) is 226 cm³/mol. The van der Waals surface area contributed by atoms with Crippen LogP contribution in [0.4, 0.5) is 0 Å². The maximum Gasteiger partial charge on any atom is 0.524 e. The fourth-order valence-corrected chi connectivity index (χ4v) is 11.5. The average Bonchev–Trinajstić information content (AvgIpc) is 3.55. The highest BCUT2D eigenvalue weighted by Crippen LogP contribution is 2.75. The van der Waals surface area contributed by atoms with Crippen LogP contribution in [0.2, 0.25) is 0 Å². The molecule has 8 aliphatic rings. The first-order valence-corrected chi connectivity index (χ1v) is 22.3. The van der Waals surface area contributed by atoms with Crippen LogP contribution in [0.15, 0.2) is 76.4 Å². The van der Waals surface area contributed by atoms with Crippen molar-refractivity contribution in [2.75, 3.05) is 7.11 Å². The lowest BCUT2D eigenvalue weighted by Gasteiger charge is -2.62. The zero-order valence-electron chi connectivity index (χ0n) is 35.9. The van der Waals surface area contributed by atoms with E-state index >= 15 is 4.79 Å². The van der Waals surface area contributed by atoms with E-state index in [4.69, 9.17) is 28.2 Å². The van der Waals surface area contributed by atoms with E-state index in [0.29, 0.717) is 52.8 Å². The van der Waals surface area contributed by atoms with Gasteiger partial charge in [0.15, 0.2) is 28.5 Å². The molecule has 2 aromatic carbocycles. The molecule has 4 aliphatic heterocycles. The first-order valence-electron chi connectivity index (χ1n) is 20.8. The van der Waals surface area contributed by atoms with Gasteiger partial charge in [0.25, 0.3) is 0 Å². The Morgan fingerprint density at radius 3 is 2.33 bits per heavy atom. The Labute approximate surface area is 355 Å². The fourth-order valence-electron chi connectivity index (χ4n) is 11.1. The molecule has 13 heteroatoms. The minimum absolute atomic E-state index is 0.0795. The monoisotopic (exact) mass is 850 g/mol. The van der Waals surface area contributed by atoms with E-state index in [1.165, 1.54) is 7.11 Å².